The predicted molar refractivity (Wildman–Crippen MR) is 99.8 cm³/mol. The normalized spacial score (nSPS) is 18.4. The summed E-state index contributed by atoms with van der Waals surface area (Å²) < 4.78 is 2.33. The largest absolute Gasteiger partial charge is 0.338 e. The second-order valence-corrected chi connectivity index (χ2v) is 8.31. The van der Waals surface area contributed by atoms with Gasteiger partial charge in [-0.25, -0.2) is 0 Å². The molecule has 0 saturated carbocycles. The topological polar surface area (TPSA) is 68.1 Å². The quantitative estimate of drug-likeness (QED) is 0.776. The number of carbonyl (C=O) groups excluding carboxylic acids is 2. The Labute approximate surface area is 157 Å². The van der Waals surface area contributed by atoms with Gasteiger partial charge in [0.15, 0.2) is 5.78 Å². The second-order valence-electron chi connectivity index (χ2n) is 7.22. The van der Waals surface area contributed by atoms with E-state index in [-0.39, 0.29) is 11.7 Å². The number of likely N-dealkylation sites (tertiary alicyclic amines) is 1. The minimum atomic E-state index is 0.0141. The van der Waals surface area contributed by atoms with E-state index >= 15 is 0 Å². The molecule has 1 amide bonds. The van der Waals surface area contributed by atoms with E-state index in [9.17, 15) is 9.59 Å². The summed E-state index contributed by atoms with van der Waals surface area (Å²) in [5.41, 5.74) is 0. The number of ketones is 1. The highest BCUT2D eigenvalue weighted by atomic mass is 32.1. The van der Waals surface area contributed by atoms with E-state index in [1.807, 2.05) is 4.90 Å². The van der Waals surface area contributed by atoms with Gasteiger partial charge in [-0.05, 0) is 44.7 Å². The molecule has 2 aromatic heterocycles. The first-order valence-corrected chi connectivity index (χ1v) is 10.3. The van der Waals surface area contributed by atoms with Crippen LogP contribution in [0.15, 0.2) is 12.1 Å². The lowest BCUT2D eigenvalue weighted by Gasteiger charge is -2.31. The zero-order valence-electron chi connectivity index (χ0n) is 15.1. The number of Topliss-reactive ketones (excluding diaryl/α,β-unsaturated/α-hetero) is 1. The molecule has 4 heterocycles. The fourth-order valence-corrected chi connectivity index (χ4v) is 4.82. The molecule has 0 spiro atoms. The van der Waals surface area contributed by atoms with Crippen molar-refractivity contribution in [1.29, 1.82) is 0 Å². The van der Waals surface area contributed by atoms with Gasteiger partial charge >= 0.3 is 0 Å². The molecule has 1 saturated heterocycles. The number of hydrogen-bond acceptors (Lipinski definition) is 5. The predicted octanol–water partition coefficient (Wildman–Crippen LogP) is 3.29. The van der Waals surface area contributed by atoms with Crippen molar-refractivity contribution in [2.45, 2.75) is 57.9 Å². The highest BCUT2D eigenvalue weighted by molar-refractivity contribution is 7.15. The third kappa shape index (κ3) is 3.32. The Balaban J connectivity index is 1.42. The Bertz CT molecular complexity index is 817. The first kappa shape index (κ1) is 17.4. The molecule has 1 fully saturated rings. The molecule has 2 aliphatic heterocycles. The van der Waals surface area contributed by atoms with Crippen molar-refractivity contribution in [3.05, 3.63) is 33.5 Å². The van der Waals surface area contributed by atoms with E-state index in [2.05, 4.69) is 14.8 Å². The summed E-state index contributed by atoms with van der Waals surface area (Å²) >= 11 is 1.30. The molecule has 0 radical (unpaired) electrons. The van der Waals surface area contributed by atoms with Gasteiger partial charge in [0.05, 0.1) is 9.75 Å². The van der Waals surface area contributed by atoms with E-state index in [4.69, 9.17) is 0 Å². The molecule has 0 N–H and O–H groups in total. The number of carbonyl (C=O) groups is 2. The molecule has 7 heteroatoms. The zero-order valence-corrected chi connectivity index (χ0v) is 15.9. The Morgan fingerprint density at radius 2 is 1.81 bits per heavy atom. The molecule has 0 bridgehead atoms. The molecule has 2 aliphatic rings. The summed E-state index contributed by atoms with van der Waals surface area (Å²) in [5.74, 6) is 2.69. The van der Waals surface area contributed by atoms with Gasteiger partial charge in [-0.2, -0.15) is 0 Å². The fourth-order valence-electron chi connectivity index (χ4n) is 3.95. The Kier molecular flexibility index (Phi) is 4.89. The first-order valence-electron chi connectivity index (χ1n) is 9.45. The average Bonchev–Trinajstić information content (AvgIpc) is 3.24. The number of piperidine rings is 1. The molecule has 138 valence electrons. The van der Waals surface area contributed by atoms with Crippen LogP contribution in [-0.2, 0) is 13.0 Å². The smallest absolute Gasteiger partial charge is 0.263 e. The van der Waals surface area contributed by atoms with Crippen molar-refractivity contribution in [3.8, 4) is 0 Å². The number of aryl methyl sites for hydroxylation is 1. The molecular formula is C19H24N4O2S. The number of nitrogens with zero attached hydrogens (tertiary/aromatic N) is 4. The fraction of sp³-hybridized carbons (Fsp3) is 0.579. The Hall–Kier alpha value is -2.02. The first-order chi connectivity index (χ1) is 12.6. The summed E-state index contributed by atoms with van der Waals surface area (Å²) in [6.07, 6.45) is 6.55. The van der Waals surface area contributed by atoms with E-state index in [1.165, 1.54) is 37.5 Å². The average molecular weight is 372 g/mol. The van der Waals surface area contributed by atoms with Crippen LogP contribution in [0.25, 0.3) is 0 Å². The minimum Gasteiger partial charge on any atom is -0.338 e. The Morgan fingerprint density at radius 1 is 1.04 bits per heavy atom. The van der Waals surface area contributed by atoms with Crippen molar-refractivity contribution < 1.29 is 9.59 Å². The minimum absolute atomic E-state index is 0.0141. The van der Waals surface area contributed by atoms with Crippen molar-refractivity contribution in [2.24, 2.45) is 0 Å². The van der Waals surface area contributed by atoms with Crippen LogP contribution < -0.4 is 0 Å². The standard InChI is InChI=1S/C19H24N4O2S/c1-13(24)15-6-7-16(26-15)19(25)22-11-8-14(9-12-22)18-21-20-17-5-3-2-4-10-23(17)18/h6-7,14H,2-5,8-12H2,1H3. The van der Waals surface area contributed by atoms with E-state index in [0.717, 1.165) is 50.5 Å². The summed E-state index contributed by atoms with van der Waals surface area (Å²) in [7, 11) is 0. The molecule has 0 unspecified atom stereocenters. The summed E-state index contributed by atoms with van der Waals surface area (Å²) in [5, 5.41) is 8.90. The van der Waals surface area contributed by atoms with Gasteiger partial charge < -0.3 is 9.47 Å². The summed E-state index contributed by atoms with van der Waals surface area (Å²) in [6, 6.07) is 3.52. The number of thiophene rings is 1. The lowest BCUT2D eigenvalue weighted by atomic mass is 9.95. The van der Waals surface area contributed by atoms with Gasteiger partial charge in [0.1, 0.15) is 11.6 Å². The molecule has 6 nitrogen and oxygen atoms in total. The summed E-state index contributed by atoms with van der Waals surface area (Å²) in [6.45, 7) is 4.03. The van der Waals surface area contributed by atoms with E-state index in [1.54, 1.807) is 12.1 Å². The van der Waals surface area contributed by atoms with Crippen LogP contribution >= 0.6 is 11.3 Å². The number of rotatable bonds is 3. The maximum atomic E-state index is 12.7. The van der Waals surface area contributed by atoms with Gasteiger partial charge in [-0.1, -0.05) is 6.42 Å². The van der Waals surface area contributed by atoms with Gasteiger partial charge in [-0.3, -0.25) is 9.59 Å². The molecule has 26 heavy (non-hydrogen) atoms. The van der Waals surface area contributed by atoms with Crippen LogP contribution in [-0.4, -0.2) is 44.4 Å². The van der Waals surface area contributed by atoms with Crippen molar-refractivity contribution >= 4 is 23.0 Å². The molecule has 0 atom stereocenters. The zero-order chi connectivity index (χ0) is 18.1. The third-order valence-electron chi connectivity index (χ3n) is 5.45. The van der Waals surface area contributed by atoms with E-state index in [0.29, 0.717) is 15.7 Å². The number of hydrogen-bond donors (Lipinski definition) is 0. The lowest BCUT2D eigenvalue weighted by molar-refractivity contribution is 0.0715. The van der Waals surface area contributed by atoms with Gasteiger partial charge in [-0.15, -0.1) is 21.5 Å². The van der Waals surface area contributed by atoms with Crippen LogP contribution in [0.4, 0.5) is 0 Å². The third-order valence-corrected chi connectivity index (χ3v) is 6.62. The SMILES string of the molecule is CC(=O)c1ccc(C(=O)N2CCC(c3nnc4n3CCCCC4)CC2)s1. The van der Waals surface area contributed by atoms with E-state index < -0.39 is 0 Å². The van der Waals surface area contributed by atoms with Crippen molar-refractivity contribution in [1.82, 2.24) is 19.7 Å². The number of amides is 1. The van der Waals surface area contributed by atoms with Crippen LogP contribution in [0, 0.1) is 0 Å². The number of aromatic nitrogens is 3. The number of fused-ring (bicyclic) bond motifs is 1. The van der Waals surface area contributed by atoms with Gasteiger partial charge in [0.2, 0.25) is 0 Å². The summed E-state index contributed by atoms with van der Waals surface area (Å²) in [4.78, 5) is 27.4. The van der Waals surface area contributed by atoms with Crippen molar-refractivity contribution in [2.75, 3.05) is 13.1 Å². The van der Waals surface area contributed by atoms with Gasteiger partial charge in [0, 0.05) is 32.0 Å². The highest BCUT2D eigenvalue weighted by Gasteiger charge is 2.29. The molecule has 2 aromatic rings. The maximum absolute atomic E-state index is 12.7. The second kappa shape index (κ2) is 7.31. The van der Waals surface area contributed by atoms with Crippen LogP contribution in [0.2, 0.25) is 0 Å². The Morgan fingerprint density at radius 3 is 2.54 bits per heavy atom. The lowest BCUT2D eigenvalue weighted by Crippen LogP contribution is -2.38. The van der Waals surface area contributed by atoms with Gasteiger partial charge in [0.25, 0.3) is 5.91 Å². The van der Waals surface area contributed by atoms with Crippen LogP contribution in [0.1, 0.15) is 75.9 Å². The molecule has 0 aromatic carbocycles. The molecule has 4 rings (SSSR count). The molecular weight excluding hydrogens is 348 g/mol. The van der Waals surface area contributed by atoms with Crippen LogP contribution in [0.5, 0.6) is 0 Å². The van der Waals surface area contributed by atoms with Crippen molar-refractivity contribution in [3.63, 3.8) is 0 Å². The molecule has 0 aliphatic carbocycles. The van der Waals surface area contributed by atoms with Crippen LogP contribution in [0.3, 0.4) is 0 Å². The maximum Gasteiger partial charge on any atom is 0.263 e. The highest BCUT2D eigenvalue weighted by Crippen LogP contribution is 2.30. The monoisotopic (exact) mass is 372 g/mol.